The number of nitrogens with zero attached hydrogens (tertiary/aromatic N) is 1. The lowest BCUT2D eigenvalue weighted by atomic mass is 9.73. The lowest BCUT2D eigenvalue weighted by Gasteiger charge is -2.39. The quantitative estimate of drug-likeness (QED) is 0.667. The zero-order chi connectivity index (χ0) is 11.5. The minimum Gasteiger partial charge on any atom is -0.341 e. The molecule has 0 aromatic rings. The fourth-order valence-corrected chi connectivity index (χ4v) is 2.43. The number of piperidine rings is 1. The Labute approximate surface area is 91.8 Å². The predicted octanol–water partition coefficient (Wildman–Crippen LogP) is 2.00. The van der Waals surface area contributed by atoms with Gasteiger partial charge in [-0.1, -0.05) is 20.8 Å². The first kappa shape index (κ1) is 12.2. The van der Waals surface area contributed by atoms with Crippen LogP contribution in [0.1, 0.15) is 46.5 Å². The molecule has 1 aliphatic rings. The summed E-state index contributed by atoms with van der Waals surface area (Å²) in [7, 11) is 0. The molecule has 3 nitrogen and oxygen atoms in total. The molecule has 1 amide bonds. The fourth-order valence-electron chi connectivity index (χ4n) is 2.43. The van der Waals surface area contributed by atoms with Crippen molar-refractivity contribution in [2.45, 2.75) is 46.5 Å². The van der Waals surface area contributed by atoms with Crippen molar-refractivity contribution in [3.8, 4) is 0 Å². The van der Waals surface area contributed by atoms with Gasteiger partial charge in [0.25, 0.3) is 0 Å². The highest BCUT2D eigenvalue weighted by Gasteiger charge is 2.47. The second-order valence-electron chi connectivity index (χ2n) is 4.25. The molecule has 1 fully saturated rings. The number of carbonyl (C=O) groups excluding carboxylic acids is 2. The van der Waals surface area contributed by atoms with Crippen molar-refractivity contribution in [1.29, 1.82) is 0 Å². The molecular formula is C12H21NO2. The van der Waals surface area contributed by atoms with E-state index in [4.69, 9.17) is 0 Å². The molecule has 1 aliphatic heterocycles. The molecule has 0 bridgehead atoms. The Hall–Kier alpha value is -0.860. The minimum absolute atomic E-state index is 0.0607. The van der Waals surface area contributed by atoms with Gasteiger partial charge >= 0.3 is 0 Å². The van der Waals surface area contributed by atoms with Crippen molar-refractivity contribution < 1.29 is 9.59 Å². The monoisotopic (exact) mass is 211 g/mol. The maximum atomic E-state index is 12.2. The van der Waals surface area contributed by atoms with Gasteiger partial charge in [-0.3, -0.25) is 9.59 Å². The van der Waals surface area contributed by atoms with Gasteiger partial charge < -0.3 is 4.90 Å². The van der Waals surface area contributed by atoms with Gasteiger partial charge in [-0.2, -0.15) is 0 Å². The molecule has 0 unspecified atom stereocenters. The lowest BCUT2D eigenvalue weighted by molar-refractivity contribution is -0.155. The van der Waals surface area contributed by atoms with Crippen molar-refractivity contribution >= 4 is 11.7 Å². The molecule has 0 N–H and O–H groups in total. The molecule has 0 spiro atoms. The van der Waals surface area contributed by atoms with Crippen LogP contribution in [0.15, 0.2) is 0 Å². The Bertz CT molecular complexity index is 256. The standard InChI is InChI=1S/C12H21NO2/c1-4-8-13-9-7-10(14)12(5-2,6-3)11(13)15/h4-9H2,1-3H3. The van der Waals surface area contributed by atoms with E-state index in [1.165, 1.54) is 0 Å². The highest BCUT2D eigenvalue weighted by atomic mass is 16.2. The number of ketones is 1. The van der Waals surface area contributed by atoms with E-state index in [2.05, 4.69) is 6.92 Å². The third kappa shape index (κ3) is 1.92. The Balaban J connectivity index is 2.91. The lowest BCUT2D eigenvalue weighted by Crippen LogP contribution is -2.53. The molecule has 15 heavy (non-hydrogen) atoms. The predicted molar refractivity (Wildman–Crippen MR) is 59.5 cm³/mol. The van der Waals surface area contributed by atoms with Crippen LogP contribution in [0.2, 0.25) is 0 Å². The summed E-state index contributed by atoms with van der Waals surface area (Å²) in [5, 5.41) is 0. The number of rotatable bonds is 4. The molecule has 0 aromatic heterocycles. The average Bonchev–Trinajstić information content (AvgIpc) is 2.25. The molecule has 3 heteroatoms. The van der Waals surface area contributed by atoms with Crippen LogP contribution in [-0.2, 0) is 9.59 Å². The third-order valence-electron chi connectivity index (χ3n) is 3.54. The van der Waals surface area contributed by atoms with Gasteiger partial charge in [0.1, 0.15) is 11.2 Å². The minimum atomic E-state index is -0.701. The normalized spacial score (nSPS) is 20.9. The van der Waals surface area contributed by atoms with Gasteiger partial charge in [-0.25, -0.2) is 0 Å². The Morgan fingerprint density at radius 2 is 1.80 bits per heavy atom. The largest absolute Gasteiger partial charge is 0.341 e. The summed E-state index contributed by atoms with van der Waals surface area (Å²) < 4.78 is 0. The van der Waals surface area contributed by atoms with Crippen molar-refractivity contribution in [2.24, 2.45) is 5.41 Å². The van der Waals surface area contributed by atoms with Crippen molar-refractivity contribution in [2.75, 3.05) is 13.1 Å². The fraction of sp³-hybridized carbons (Fsp3) is 0.833. The molecular weight excluding hydrogens is 190 g/mol. The van der Waals surface area contributed by atoms with Gasteiger partial charge in [-0.05, 0) is 19.3 Å². The molecule has 1 saturated heterocycles. The van der Waals surface area contributed by atoms with Crippen molar-refractivity contribution in [3.05, 3.63) is 0 Å². The van der Waals surface area contributed by atoms with Crippen LogP contribution in [0, 0.1) is 5.41 Å². The molecule has 0 radical (unpaired) electrons. The summed E-state index contributed by atoms with van der Waals surface area (Å²) >= 11 is 0. The molecule has 86 valence electrons. The smallest absolute Gasteiger partial charge is 0.236 e. The first-order valence-corrected chi connectivity index (χ1v) is 5.95. The zero-order valence-electron chi connectivity index (χ0n) is 10.0. The summed E-state index contributed by atoms with van der Waals surface area (Å²) in [5.74, 6) is 0.204. The molecule has 0 aliphatic carbocycles. The number of likely N-dealkylation sites (tertiary alicyclic amines) is 1. The van der Waals surface area contributed by atoms with Gasteiger partial charge in [0.2, 0.25) is 5.91 Å². The number of hydrogen-bond donors (Lipinski definition) is 0. The van der Waals surface area contributed by atoms with Crippen molar-refractivity contribution in [1.82, 2.24) is 4.90 Å². The van der Waals surface area contributed by atoms with Gasteiger partial charge in [0, 0.05) is 19.5 Å². The number of amides is 1. The van der Waals surface area contributed by atoms with E-state index in [0.717, 1.165) is 13.0 Å². The topological polar surface area (TPSA) is 37.4 Å². The second-order valence-corrected chi connectivity index (χ2v) is 4.25. The summed E-state index contributed by atoms with van der Waals surface area (Å²) in [4.78, 5) is 26.0. The van der Waals surface area contributed by atoms with Crippen LogP contribution in [-0.4, -0.2) is 29.7 Å². The highest BCUT2D eigenvalue weighted by Crippen LogP contribution is 2.34. The second kappa shape index (κ2) is 4.77. The van der Waals surface area contributed by atoms with E-state index in [0.29, 0.717) is 25.8 Å². The molecule has 1 rings (SSSR count). The number of carbonyl (C=O) groups is 2. The van der Waals surface area contributed by atoms with Crippen LogP contribution in [0.25, 0.3) is 0 Å². The van der Waals surface area contributed by atoms with Crippen molar-refractivity contribution in [3.63, 3.8) is 0 Å². The maximum absolute atomic E-state index is 12.2. The van der Waals surface area contributed by atoms with Gasteiger partial charge in [-0.15, -0.1) is 0 Å². The molecule has 0 aromatic carbocycles. The number of hydrogen-bond acceptors (Lipinski definition) is 2. The maximum Gasteiger partial charge on any atom is 0.236 e. The van der Waals surface area contributed by atoms with Gasteiger partial charge in [0.05, 0.1) is 0 Å². The van der Waals surface area contributed by atoms with Gasteiger partial charge in [0.15, 0.2) is 0 Å². The van der Waals surface area contributed by atoms with E-state index in [1.54, 1.807) is 0 Å². The first-order chi connectivity index (χ1) is 7.12. The van der Waals surface area contributed by atoms with E-state index >= 15 is 0 Å². The highest BCUT2D eigenvalue weighted by molar-refractivity contribution is 6.07. The SMILES string of the molecule is CCCN1CCC(=O)C(CC)(CC)C1=O. The average molecular weight is 211 g/mol. The Morgan fingerprint density at radius 3 is 2.27 bits per heavy atom. The van der Waals surface area contributed by atoms with E-state index in [-0.39, 0.29) is 11.7 Å². The third-order valence-corrected chi connectivity index (χ3v) is 3.54. The number of Topliss-reactive ketones (excluding diaryl/α,β-unsaturated/α-hetero) is 1. The Morgan fingerprint density at radius 1 is 1.20 bits per heavy atom. The summed E-state index contributed by atoms with van der Waals surface area (Å²) in [6, 6.07) is 0. The van der Waals surface area contributed by atoms with E-state index < -0.39 is 5.41 Å². The molecule has 0 saturated carbocycles. The van der Waals surface area contributed by atoms with Crippen LogP contribution in [0.5, 0.6) is 0 Å². The van der Waals surface area contributed by atoms with Crippen LogP contribution < -0.4 is 0 Å². The summed E-state index contributed by atoms with van der Waals surface area (Å²) in [6.45, 7) is 7.34. The summed E-state index contributed by atoms with van der Waals surface area (Å²) in [6.07, 6.45) is 2.78. The first-order valence-electron chi connectivity index (χ1n) is 5.95. The van der Waals surface area contributed by atoms with Crippen LogP contribution in [0.3, 0.4) is 0 Å². The summed E-state index contributed by atoms with van der Waals surface area (Å²) in [5.41, 5.74) is -0.701. The molecule has 1 heterocycles. The van der Waals surface area contributed by atoms with E-state index in [9.17, 15) is 9.59 Å². The van der Waals surface area contributed by atoms with E-state index in [1.807, 2.05) is 18.7 Å². The van der Waals surface area contributed by atoms with Crippen LogP contribution in [0.4, 0.5) is 0 Å². The molecule has 0 atom stereocenters. The zero-order valence-corrected chi connectivity index (χ0v) is 10.0. The Kier molecular flexibility index (Phi) is 3.89. The van der Waals surface area contributed by atoms with Crippen LogP contribution >= 0.6 is 0 Å².